The number of methoxy groups -OCH3 is 2. The molecular weight excluding hydrogens is 421 g/mol. The predicted octanol–water partition coefficient (Wildman–Crippen LogP) is 3.69. The lowest BCUT2D eigenvalue weighted by molar-refractivity contribution is -0.137. The van der Waals surface area contributed by atoms with E-state index in [0.717, 1.165) is 30.2 Å². The molecule has 0 aliphatic heterocycles. The molecule has 0 saturated carbocycles. The lowest BCUT2D eigenvalue weighted by Crippen LogP contribution is -2.23. The van der Waals surface area contributed by atoms with Crippen LogP contribution in [0, 0.1) is 0 Å². The number of benzene rings is 2. The molecule has 0 radical (unpaired) electrons. The van der Waals surface area contributed by atoms with E-state index in [0.29, 0.717) is 31.0 Å². The van der Waals surface area contributed by atoms with Crippen molar-refractivity contribution in [1.82, 2.24) is 5.32 Å². The van der Waals surface area contributed by atoms with E-state index in [-0.39, 0.29) is 11.4 Å². The van der Waals surface area contributed by atoms with Crippen LogP contribution < -0.4 is 19.5 Å². The molecule has 2 rings (SSSR count). The van der Waals surface area contributed by atoms with E-state index in [2.05, 4.69) is 10.0 Å². The maximum Gasteiger partial charge on any atom is 0.416 e. The number of nitrogens with one attached hydrogen (secondary N) is 2. The Labute approximate surface area is 174 Å². The van der Waals surface area contributed by atoms with Crippen molar-refractivity contribution in [2.75, 3.05) is 37.8 Å². The van der Waals surface area contributed by atoms with Crippen LogP contribution in [-0.2, 0) is 22.6 Å². The summed E-state index contributed by atoms with van der Waals surface area (Å²) in [6.07, 6.45) is -3.49. The zero-order chi connectivity index (χ0) is 22.2. The molecule has 6 nitrogen and oxygen atoms in total. The number of rotatable bonds is 11. The Morgan fingerprint density at radius 2 is 1.70 bits per heavy atom. The van der Waals surface area contributed by atoms with Crippen LogP contribution in [0.1, 0.15) is 17.5 Å². The van der Waals surface area contributed by atoms with Crippen LogP contribution >= 0.6 is 0 Å². The molecule has 0 atom stereocenters. The van der Waals surface area contributed by atoms with E-state index in [1.54, 1.807) is 14.2 Å². The van der Waals surface area contributed by atoms with Gasteiger partial charge in [-0.1, -0.05) is 12.1 Å². The van der Waals surface area contributed by atoms with Crippen molar-refractivity contribution < 1.29 is 31.1 Å². The van der Waals surface area contributed by atoms with Crippen molar-refractivity contribution in [1.29, 1.82) is 0 Å². The van der Waals surface area contributed by atoms with Crippen LogP contribution in [0.2, 0.25) is 0 Å². The number of hydrogen-bond acceptors (Lipinski definition) is 5. The van der Waals surface area contributed by atoms with Gasteiger partial charge in [-0.15, -0.1) is 0 Å². The molecule has 0 aliphatic rings. The highest BCUT2D eigenvalue weighted by Crippen LogP contribution is 2.31. The molecule has 0 aromatic heterocycles. The molecule has 0 bridgehead atoms. The van der Waals surface area contributed by atoms with Crippen LogP contribution in [0.3, 0.4) is 0 Å². The second-order valence-electron chi connectivity index (χ2n) is 6.54. The molecule has 10 heteroatoms. The molecule has 2 aromatic carbocycles. The summed E-state index contributed by atoms with van der Waals surface area (Å²) in [6.45, 7) is 1.09. The minimum atomic E-state index is -4.53. The highest BCUT2D eigenvalue weighted by atomic mass is 32.2. The molecular formula is C20H25F3N2O4S. The maximum atomic E-state index is 12.7. The normalized spacial score (nSPS) is 11.9. The first-order valence-corrected chi connectivity index (χ1v) is 10.9. The third-order valence-corrected chi connectivity index (χ3v) is 5.64. The van der Waals surface area contributed by atoms with Crippen LogP contribution in [0.15, 0.2) is 42.5 Å². The maximum absolute atomic E-state index is 12.7. The van der Waals surface area contributed by atoms with E-state index < -0.39 is 21.8 Å². The number of anilines is 1. The van der Waals surface area contributed by atoms with E-state index in [9.17, 15) is 21.6 Å². The Hall–Kier alpha value is -2.46. The molecule has 2 aromatic rings. The van der Waals surface area contributed by atoms with Gasteiger partial charge >= 0.3 is 6.18 Å². The molecule has 0 spiro atoms. The molecule has 0 unspecified atom stereocenters. The van der Waals surface area contributed by atoms with Gasteiger partial charge in [-0.25, -0.2) is 8.42 Å². The van der Waals surface area contributed by atoms with Gasteiger partial charge < -0.3 is 14.8 Å². The molecule has 0 aliphatic carbocycles. The van der Waals surface area contributed by atoms with Crippen molar-refractivity contribution >= 4 is 15.7 Å². The summed E-state index contributed by atoms with van der Waals surface area (Å²) in [4.78, 5) is 0. The van der Waals surface area contributed by atoms with Crippen LogP contribution in [0.5, 0.6) is 11.5 Å². The quantitative estimate of drug-likeness (QED) is 0.515. The van der Waals surface area contributed by atoms with Crippen molar-refractivity contribution in [3.8, 4) is 11.5 Å². The van der Waals surface area contributed by atoms with Crippen molar-refractivity contribution in [2.45, 2.75) is 19.0 Å². The summed E-state index contributed by atoms with van der Waals surface area (Å²) in [5, 5.41) is 3.15. The smallest absolute Gasteiger partial charge is 0.416 e. The summed E-state index contributed by atoms with van der Waals surface area (Å²) in [5.74, 6) is 1.08. The third kappa shape index (κ3) is 7.42. The molecule has 0 fully saturated rings. The van der Waals surface area contributed by atoms with Gasteiger partial charge in [0.15, 0.2) is 11.5 Å². The summed E-state index contributed by atoms with van der Waals surface area (Å²) in [7, 11) is -0.613. The zero-order valence-electron chi connectivity index (χ0n) is 16.8. The first-order chi connectivity index (χ1) is 14.1. The molecule has 0 saturated heterocycles. The number of halogens is 3. The topological polar surface area (TPSA) is 76.7 Å². The van der Waals surface area contributed by atoms with E-state index >= 15 is 0 Å². The lowest BCUT2D eigenvalue weighted by Gasteiger charge is -2.12. The number of hydrogen-bond donors (Lipinski definition) is 2. The van der Waals surface area contributed by atoms with Gasteiger partial charge in [0.1, 0.15) is 0 Å². The first kappa shape index (κ1) is 23.8. The highest BCUT2D eigenvalue weighted by Gasteiger charge is 2.30. The Bertz CT molecular complexity index is 934. The van der Waals surface area contributed by atoms with Gasteiger partial charge in [-0.2, -0.15) is 13.2 Å². The molecule has 30 heavy (non-hydrogen) atoms. The summed E-state index contributed by atoms with van der Waals surface area (Å²) >= 11 is 0. The van der Waals surface area contributed by atoms with Gasteiger partial charge in [0.25, 0.3) is 0 Å². The minimum absolute atomic E-state index is 0.105. The van der Waals surface area contributed by atoms with Crippen LogP contribution in [0.4, 0.5) is 18.9 Å². The van der Waals surface area contributed by atoms with Gasteiger partial charge in [0.2, 0.25) is 10.0 Å². The van der Waals surface area contributed by atoms with E-state index in [1.165, 1.54) is 6.07 Å². The fraction of sp³-hybridized carbons (Fsp3) is 0.400. The second-order valence-corrected chi connectivity index (χ2v) is 8.38. The van der Waals surface area contributed by atoms with E-state index in [4.69, 9.17) is 9.47 Å². The number of sulfonamides is 1. The standard InChI is InChI=1S/C20H25F3N2O4S/c1-28-18-8-7-15(13-19(18)29-2)9-11-24-10-4-12-30(26,27)25-17-6-3-5-16(14-17)20(21,22)23/h3,5-8,13-14,24-25H,4,9-12H2,1-2H3. The molecule has 166 valence electrons. The zero-order valence-corrected chi connectivity index (χ0v) is 17.6. The van der Waals surface area contributed by atoms with Crippen molar-refractivity contribution in [3.05, 3.63) is 53.6 Å². The average Bonchev–Trinajstić information content (AvgIpc) is 2.69. The van der Waals surface area contributed by atoms with E-state index in [1.807, 2.05) is 18.2 Å². The average molecular weight is 446 g/mol. The van der Waals surface area contributed by atoms with Gasteiger partial charge in [-0.05, 0) is 61.8 Å². The minimum Gasteiger partial charge on any atom is -0.493 e. The Kier molecular flexibility index (Phi) is 8.36. The van der Waals surface area contributed by atoms with Gasteiger partial charge in [-0.3, -0.25) is 4.72 Å². The molecule has 0 heterocycles. The Balaban J connectivity index is 1.75. The Morgan fingerprint density at radius 1 is 0.967 bits per heavy atom. The Morgan fingerprint density at radius 3 is 2.37 bits per heavy atom. The molecule has 0 amide bonds. The predicted molar refractivity (Wildman–Crippen MR) is 110 cm³/mol. The van der Waals surface area contributed by atoms with Crippen molar-refractivity contribution in [2.24, 2.45) is 0 Å². The second kappa shape index (κ2) is 10.5. The summed E-state index contributed by atoms with van der Waals surface area (Å²) < 4.78 is 75.0. The molecule has 2 N–H and O–H groups in total. The SMILES string of the molecule is COc1ccc(CCNCCCS(=O)(=O)Nc2cccc(C(F)(F)F)c2)cc1OC. The largest absolute Gasteiger partial charge is 0.493 e. The van der Waals surface area contributed by atoms with Gasteiger partial charge in [0, 0.05) is 5.69 Å². The van der Waals surface area contributed by atoms with Crippen LogP contribution in [0.25, 0.3) is 0 Å². The summed E-state index contributed by atoms with van der Waals surface area (Å²) in [6, 6.07) is 9.74. The fourth-order valence-corrected chi connectivity index (χ4v) is 3.88. The fourth-order valence-electron chi connectivity index (χ4n) is 2.77. The van der Waals surface area contributed by atoms with Crippen molar-refractivity contribution in [3.63, 3.8) is 0 Å². The third-order valence-electron chi connectivity index (χ3n) is 4.27. The summed E-state index contributed by atoms with van der Waals surface area (Å²) in [5.41, 5.74) is 0.0322. The first-order valence-electron chi connectivity index (χ1n) is 9.24. The number of ether oxygens (including phenoxy) is 2. The lowest BCUT2D eigenvalue weighted by atomic mass is 10.1. The number of alkyl halides is 3. The van der Waals surface area contributed by atoms with Gasteiger partial charge in [0.05, 0.1) is 25.5 Å². The van der Waals surface area contributed by atoms with Crippen LogP contribution in [-0.4, -0.2) is 41.5 Å². The highest BCUT2D eigenvalue weighted by molar-refractivity contribution is 7.92. The monoisotopic (exact) mass is 446 g/mol.